The number of halogens is 2. The summed E-state index contributed by atoms with van der Waals surface area (Å²) in [6.45, 7) is 4.44. The molecule has 0 aromatic heterocycles. The molecule has 0 radical (unpaired) electrons. The number of nitrogens with zero attached hydrogens (tertiary/aromatic N) is 1. The van der Waals surface area contributed by atoms with Gasteiger partial charge in [0.15, 0.2) is 0 Å². The molecule has 0 heterocycles. The summed E-state index contributed by atoms with van der Waals surface area (Å²) >= 11 is 5.82. The Morgan fingerprint density at radius 1 is 1.40 bits per heavy atom. The number of amides is 1. The minimum atomic E-state index is -3.82. The van der Waals surface area contributed by atoms with Gasteiger partial charge < -0.3 is 11.1 Å². The molecule has 0 aliphatic carbocycles. The predicted molar refractivity (Wildman–Crippen MR) is 96.3 cm³/mol. The van der Waals surface area contributed by atoms with Gasteiger partial charge in [-0.2, -0.15) is 0 Å². The summed E-state index contributed by atoms with van der Waals surface area (Å²) < 4.78 is 39.0. The van der Waals surface area contributed by atoms with E-state index in [1.807, 2.05) is 13.8 Å². The maximum atomic E-state index is 13.1. The molecule has 1 aromatic carbocycles. The molecule has 3 N–H and O–H groups in total. The number of rotatable bonds is 9. The monoisotopic (exact) mass is 393 g/mol. The van der Waals surface area contributed by atoms with Crippen molar-refractivity contribution < 1.29 is 17.6 Å². The number of sulfonamides is 1. The van der Waals surface area contributed by atoms with E-state index in [9.17, 15) is 17.6 Å². The Balaban J connectivity index is 2.53. The van der Waals surface area contributed by atoms with Gasteiger partial charge in [-0.05, 0) is 37.0 Å². The molecule has 0 fully saturated rings. The Morgan fingerprint density at radius 2 is 2.04 bits per heavy atom. The normalized spacial score (nSPS) is 13.3. The van der Waals surface area contributed by atoms with Crippen molar-refractivity contribution in [1.29, 1.82) is 0 Å². The smallest absolute Gasteiger partial charge is 0.244 e. The molecule has 6 nitrogen and oxygen atoms in total. The fourth-order valence-electron chi connectivity index (χ4n) is 2.23. The van der Waals surface area contributed by atoms with Crippen molar-refractivity contribution in [2.75, 3.05) is 20.1 Å². The second-order valence-corrected chi connectivity index (χ2v) is 8.70. The fourth-order valence-corrected chi connectivity index (χ4v) is 3.94. The van der Waals surface area contributed by atoms with Crippen molar-refractivity contribution in [2.45, 2.75) is 37.6 Å². The third-order valence-corrected chi connectivity index (χ3v) is 5.93. The molecule has 0 saturated heterocycles. The SMILES string of the molecule is CC(C)C[C@H](N)C(=O)NCCCN(C)S(=O)(=O)c1ccc(F)cc1Cl. The lowest BCUT2D eigenvalue weighted by atomic mass is 10.0. The molecule has 142 valence electrons. The molecule has 0 bridgehead atoms. The number of benzene rings is 1. The zero-order valence-electron chi connectivity index (χ0n) is 14.6. The van der Waals surface area contributed by atoms with Crippen molar-refractivity contribution in [3.05, 3.63) is 29.0 Å². The lowest BCUT2D eigenvalue weighted by Crippen LogP contribution is -2.42. The van der Waals surface area contributed by atoms with Gasteiger partial charge in [0.05, 0.1) is 11.1 Å². The Morgan fingerprint density at radius 3 is 2.60 bits per heavy atom. The van der Waals surface area contributed by atoms with Gasteiger partial charge in [-0.15, -0.1) is 0 Å². The second-order valence-electron chi connectivity index (χ2n) is 6.28. The highest BCUT2D eigenvalue weighted by Gasteiger charge is 2.23. The molecule has 0 spiro atoms. The molecular formula is C16H25ClFN3O3S. The highest BCUT2D eigenvalue weighted by molar-refractivity contribution is 7.89. The molecule has 0 unspecified atom stereocenters. The number of carbonyl (C=O) groups excluding carboxylic acids is 1. The van der Waals surface area contributed by atoms with E-state index >= 15 is 0 Å². The quantitative estimate of drug-likeness (QED) is 0.627. The van der Waals surface area contributed by atoms with Gasteiger partial charge in [-0.3, -0.25) is 4.79 Å². The lowest BCUT2D eigenvalue weighted by molar-refractivity contribution is -0.122. The van der Waals surface area contributed by atoms with Crippen molar-refractivity contribution in [1.82, 2.24) is 9.62 Å². The van der Waals surface area contributed by atoms with Crippen LogP contribution in [0.4, 0.5) is 4.39 Å². The third kappa shape index (κ3) is 6.54. The summed E-state index contributed by atoms with van der Waals surface area (Å²) in [4.78, 5) is 11.6. The van der Waals surface area contributed by atoms with E-state index < -0.39 is 21.9 Å². The van der Waals surface area contributed by atoms with Crippen molar-refractivity contribution in [3.8, 4) is 0 Å². The van der Waals surface area contributed by atoms with E-state index in [0.29, 0.717) is 25.3 Å². The lowest BCUT2D eigenvalue weighted by Gasteiger charge is -2.19. The molecular weight excluding hydrogens is 369 g/mol. The first kappa shape index (κ1) is 21.8. The predicted octanol–water partition coefficient (Wildman–Crippen LogP) is 1.98. The van der Waals surface area contributed by atoms with E-state index in [1.54, 1.807) is 0 Å². The first-order valence-corrected chi connectivity index (χ1v) is 9.82. The van der Waals surface area contributed by atoms with E-state index in [2.05, 4.69) is 5.32 Å². The van der Waals surface area contributed by atoms with Crippen molar-refractivity contribution in [2.24, 2.45) is 11.7 Å². The summed E-state index contributed by atoms with van der Waals surface area (Å²) in [7, 11) is -2.42. The van der Waals surface area contributed by atoms with Crippen LogP contribution in [-0.4, -0.2) is 44.8 Å². The molecule has 1 amide bonds. The van der Waals surface area contributed by atoms with Crippen LogP contribution in [0.25, 0.3) is 0 Å². The number of nitrogens with one attached hydrogen (secondary N) is 1. The van der Waals surface area contributed by atoms with Gasteiger partial charge in [-0.1, -0.05) is 25.4 Å². The Hall–Kier alpha value is -1.22. The maximum absolute atomic E-state index is 13.1. The van der Waals surface area contributed by atoms with Crippen LogP contribution in [0.1, 0.15) is 26.7 Å². The summed E-state index contributed by atoms with van der Waals surface area (Å²) in [5.41, 5.74) is 5.77. The van der Waals surface area contributed by atoms with Crippen molar-refractivity contribution >= 4 is 27.5 Å². The minimum Gasteiger partial charge on any atom is -0.355 e. The first-order chi connectivity index (χ1) is 11.6. The molecule has 1 atom stereocenters. The topological polar surface area (TPSA) is 92.5 Å². The van der Waals surface area contributed by atoms with Crippen LogP contribution in [0.15, 0.2) is 23.1 Å². The zero-order chi connectivity index (χ0) is 19.2. The summed E-state index contributed by atoms with van der Waals surface area (Å²) in [5, 5.41) is 2.53. The van der Waals surface area contributed by atoms with Crippen LogP contribution in [0.2, 0.25) is 5.02 Å². The molecule has 9 heteroatoms. The standard InChI is InChI=1S/C16H25ClFN3O3S/c1-11(2)9-14(19)16(22)20-7-4-8-21(3)25(23,24)15-6-5-12(18)10-13(15)17/h5-6,10-11,14H,4,7-9,19H2,1-3H3,(H,20,22)/t14-/m0/s1. The summed E-state index contributed by atoms with van der Waals surface area (Å²) in [6.07, 6.45) is 0.998. The molecule has 0 aliphatic rings. The molecule has 1 rings (SSSR count). The second kappa shape index (κ2) is 9.47. The van der Waals surface area contributed by atoms with Gasteiger partial charge >= 0.3 is 0 Å². The van der Waals surface area contributed by atoms with Gasteiger partial charge in [0.25, 0.3) is 0 Å². The van der Waals surface area contributed by atoms with E-state index in [-0.39, 0.29) is 22.4 Å². The van der Waals surface area contributed by atoms with E-state index in [0.717, 1.165) is 22.5 Å². The Labute approximate surface area is 153 Å². The summed E-state index contributed by atoms with van der Waals surface area (Å²) in [6, 6.07) is 2.57. The summed E-state index contributed by atoms with van der Waals surface area (Å²) in [5.74, 6) is -0.537. The van der Waals surface area contributed by atoms with Crippen LogP contribution >= 0.6 is 11.6 Å². The average Bonchev–Trinajstić information content (AvgIpc) is 2.49. The van der Waals surface area contributed by atoms with Crippen LogP contribution in [0.5, 0.6) is 0 Å². The maximum Gasteiger partial charge on any atom is 0.244 e. The zero-order valence-corrected chi connectivity index (χ0v) is 16.2. The highest BCUT2D eigenvalue weighted by atomic mass is 35.5. The molecule has 25 heavy (non-hydrogen) atoms. The fraction of sp³-hybridized carbons (Fsp3) is 0.562. The minimum absolute atomic E-state index is 0.152. The molecule has 0 aliphatic heterocycles. The van der Waals surface area contributed by atoms with Crippen LogP contribution in [0, 0.1) is 11.7 Å². The number of nitrogens with two attached hydrogens (primary N) is 1. The van der Waals surface area contributed by atoms with E-state index in [4.69, 9.17) is 17.3 Å². The van der Waals surface area contributed by atoms with Gasteiger partial charge in [-0.25, -0.2) is 17.1 Å². The van der Waals surface area contributed by atoms with Crippen LogP contribution in [-0.2, 0) is 14.8 Å². The molecule has 1 aromatic rings. The van der Waals surface area contributed by atoms with Crippen LogP contribution in [0.3, 0.4) is 0 Å². The molecule has 0 saturated carbocycles. The van der Waals surface area contributed by atoms with Gasteiger partial charge in [0.1, 0.15) is 10.7 Å². The Kier molecular flexibility index (Phi) is 8.27. The average molecular weight is 394 g/mol. The highest BCUT2D eigenvalue weighted by Crippen LogP contribution is 2.24. The largest absolute Gasteiger partial charge is 0.355 e. The van der Waals surface area contributed by atoms with Gasteiger partial charge in [0, 0.05) is 20.1 Å². The first-order valence-electron chi connectivity index (χ1n) is 8.00. The number of carbonyl (C=O) groups is 1. The van der Waals surface area contributed by atoms with Crippen molar-refractivity contribution in [3.63, 3.8) is 0 Å². The van der Waals surface area contributed by atoms with E-state index in [1.165, 1.54) is 7.05 Å². The third-order valence-electron chi connectivity index (χ3n) is 3.59. The Bertz CT molecular complexity index is 698. The number of hydrogen-bond acceptors (Lipinski definition) is 4. The van der Waals surface area contributed by atoms with Crippen LogP contribution < -0.4 is 11.1 Å². The number of hydrogen-bond donors (Lipinski definition) is 2. The van der Waals surface area contributed by atoms with Gasteiger partial charge in [0.2, 0.25) is 15.9 Å².